The van der Waals surface area contributed by atoms with Gasteiger partial charge in [0.05, 0.1) is 0 Å². The predicted molar refractivity (Wildman–Crippen MR) is 78.2 cm³/mol. The van der Waals surface area contributed by atoms with Gasteiger partial charge in [0.15, 0.2) is 5.11 Å². The van der Waals surface area contributed by atoms with Gasteiger partial charge in [-0.1, -0.05) is 0 Å². The van der Waals surface area contributed by atoms with Crippen LogP contribution in [0, 0.1) is 0 Å². The maximum Gasteiger partial charge on any atom is 0.387 e. The van der Waals surface area contributed by atoms with Crippen LogP contribution in [-0.2, 0) is 4.79 Å². The Kier molecular flexibility index (Phi) is 4.89. The second kappa shape index (κ2) is 6.66. The van der Waals surface area contributed by atoms with Crippen molar-refractivity contribution in [3.05, 3.63) is 24.3 Å². The highest BCUT2D eigenvalue weighted by molar-refractivity contribution is 7.80. The molecule has 1 atom stereocenters. The van der Waals surface area contributed by atoms with E-state index in [1.807, 2.05) is 0 Å². The van der Waals surface area contributed by atoms with Crippen molar-refractivity contribution in [1.82, 2.24) is 4.90 Å². The van der Waals surface area contributed by atoms with E-state index >= 15 is 0 Å². The first-order valence-corrected chi connectivity index (χ1v) is 6.80. The Morgan fingerprint density at radius 3 is 2.67 bits per heavy atom. The van der Waals surface area contributed by atoms with E-state index in [1.54, 1.807) is 17.0 Å². The summed E-state index contributed by atoms with van der Waals surface area (Å²) in [6, 6.07) is 5.56. The molecule has 0 unspecified atom stereocenters. The third-order valence-electron chi connectivity index (χ3n) is 3.17. The minimum atomic E-state index is -2.86. The average molecular weight is 315 g/mol. The average Bonchev–Trinajstić information content (AvgIpc) is 2.90. The lowest BCUT2D eigenvalue weighted by molar-refractivity contribution is -0.121. The number of benzene rings is 1. The molecule has 1 aromatic carbocycles. The van der Waals surface area contributed by atoms with Gasteiger partial charge in [0.2, 0.25) is 5.91 Å². The number of thiocarbonyl (C=S) groups is 1. The number of nitrogens with two attached hydrogens (primary N) is 1. The minimum absolute atomic E-state index is 0.0673. The molecule has 0 bridgehead atoms. The number of alkyl halides is 2. The number of amides is 1. The summed E-state index contributed by atoms with van der Waals surface area (Å²) in [5.41, 5.74) is 5.95. The number of rotatable bonds is 4. The maximum absolute atomic E-state index is 12.0. The summed E-state index contributed by atoms with van der Waals surface area (Å²) in [6.45, 7) is -2.20. The number of likely N-dealkylation sites (tertiary alicyclic amines) is 1. The van der Waals surface area contributed by atoms with Crippen LogP contribution in [0.1, 0.15) is 12.8 Å². The molecule has 0 radical (unpaired) electrons. The zero-order chi connectivity index (χ0) is 15.4. The van der Waals surface area contributed by atoms with E-state index in [0.717, 1.165) is 6.42 Å². The first-order chi connectivity index (χ1) is 9.97. The van der Waals surface area contributed by atoms with Crippen LogP contribution in [0.4, 0.5) is 14.5 Å². The van der Waals surface area contributed by atoms with Crippen LogP contribution in [0.15, 0.2) is 24.3 Å². The molecule has 1 aromatic rings. The topological polar surface area (TPSA) is 67.6 Å². The molecular weight excluding hydrogens is 300 g/mol. The van der Waals surface area contributed by atoms with Crippen LogP contribution in [0.25, 0.3) is 0 Å². The monoisotopic (exact) mass is 315 g/mol. The lowest BCUT2D eigenvalue weighted by Crippen LogP contribution is -2.45. The molecule has 3 N–H and O–H groups in total. The number of ether oxygens (including phenoxy) is 1. The number of carbonyl (C=O) groups excluding carboxylic acids is 1. The van der Waals surface area contributed by atoms with Crippen molar-refractivity contribution in [3.63, 3.8) is 0 Å². The summed E-state index contributed by atoms with van der Waals surface area (Å²) in [6.07, 6.45) is 1.52. The SMILES string of the molecule is NC(=O)[C@@H]1CCCN1C(=S)Nc1ccc(OC(F)F)cc1. The lowest BCUT2D eigenvalue weighted by atomic mass is 10.2. The van der Waals surface area contributed by atoms with Crippen molar-refractivity contribution < 1.29 is 18.3 Å². The Balaban J connectivity index is 1.97. The molecule has 0 saturated carbocycles. The highest BCUT2D eigenvalue weighted by Crippen LogP contribution is 2.21. The molecule has 0 spiro atoms. The van der Waals surface area contributed by atoms with Gasteiger partial charge in [-0.25, -0.2) is 0 Å². The Labute approximate surface area is 126 Å². The van der Waals surface area contributed by atoms with Crippen molar-refractivity contribution in [1.29, 1.82) is 0 Å². The standard InChI is InChI=1S/C13H15F2N3O2S/c14-12(15)20-9-5-3-8(4-6-9)17-13(21)18-7-1-2-10(18)11(16)19/h3-6,10,12H,1-2,7H2,(H2,16,19)(H,17,21)/t10-/m0/s1. The lowest BCUT2D eigenvalue weighted by Gasteiger charge is -2.25. The smallest absolute Gasteiger partial charge is 0.387 e. The molecule has 5 nitrogen and oxygen atoms in total. The Morgan fingerprint density at radius 1 is 1.43 bits per heavy atom. The molecule has 1 aliphatic heterocycles. The van der Waals surface area contributed by atoms with E-state index in [0.29, 0.717) is 23.8 Å². The molecule has 1 saturated heterocycles. The Hall–Kier alpha value is -1.96. The zero-order valence-corrected chi connectivity index (χ0v) is 11.9. The molecule has 1 aliphatic rings. The molecule has 1 amide bonds. The van der Waals surface area contributed by atoms with Gasteiger partial charge in [0, 0.05) is 12.2 Å². The zero-order valence-electron chi connectivity index (χ0n) is 11.1. The Morgan fingerprint density at radius 2 is 2.10 bits per heavy atom. The highest BCUT2D eigenvalue weighted by Gasteiger charge is 2.30. The molecule has 8 heteroatoms. The maximum atomic E-state index is 12.0. The second-order valence-corrected chi connectivity index (χ2v) is 4.97. The van der Waals surface area contributed by atoms with Crippen molar-refractivity contribution >= 4 is 28.9 Å². The first-order valence-electron chi connectivity index (χ1n) is 6.39. The van der Waals surface area contributed by atoms with Crippen LogP contribution in [-0.4, -0.2) is 35.1 Å². The number of nitrogens with zero attached hydrogens (tertiary/aromatic N) is 1. The van der Waals surface area contributed by atoms with Crippen LogP contribution < -0.4 is 15.8 Å². The van der Waals surface area contributed by atoms with E-state index in [9.17, 15) is 13.6 Å². The van der Waals surface area contributed by atoms with Gasteiger partial charge in [-0.3, -0.25) is 4.79 Å². The van der Waals surface area contributed by atoms with E-state index in [2.05, 4.69) is 10.1 Å². The first kappa shape index (κ1) is 15.4. The van der Waals surface area contributed by atoms with Gasteiger partial charge >= 0.3 is 6.61 Å². The van der Waals surface area contributed by atoms with Crippen LogP contribution in [0.5, 0.6) is 5.75 Å². The Bertz CT molecular complexity index is 525. The number of carbonyl (C=O) groups is 1. The quantitative estimate of drug-likeness (QED) is 0.831. The molecule has 2 rings (SSSR count). The van der Waals surface area contributed by atoms with Crippen molar-refractivity contribution in [2.24, 2.45) is 5.73 Å². The van der Waals surface area contributed by atoms with E-state index in [4.69, 9.17) is 18.0 Å². The van der Waals surface area contributed by atoms with Gasteiger partial charge in [-0.05, 0) is 49.3 Å². The van der Waals surface area contributed by atoms with Crippen LogP contribution in [0.2, 0.25) is 0 Å². The molecular formula is C13H15F2N3O2S. The summed E-state index contributed by atoms with van der Waals surface area (Å²) in [5, 5.41) is 3.34. The molecule has 1 fully saturated rings. The largest absolute Gasteiger partial charge is 0.435 e. The van der Waals surface area contributed by atoms with Gasteiger partial charge in [0.1, 0.15) is 11.8 Å². The van der Waals surface area contributed by atoms with E-state index in [-0.39, 0.29) is 5.75 Å². The van der Waals surface area contributed by atoms with Crippen molar-refractivity contribution in [2.75, 3.05) is 11.9 Å². The number of primary amides is 1. The van der Waals surface area contributed by atoms with E-state index < -0.39 is 18.6 Å². The predicted octanol–water partition coefficient (Wildman–Crippen LogP) is 1.93. The summed E-state index contributed by atoms with van der Waals surface area (Å²) in [5.74, 6) is -0.338. The molecule has 0 aromatic heterocycles. The molecule has 0 aliphatic carbocycles. The minimum Gasteiger partial charge on any atom is -0.435 e. The number of nitrogens with one attached hydrogen (secondary N) is 1. The van der Waals surface area contributed by atoms with Crippen molar-refractivity contribution in [2.45, 2.75) is 25.5 Å². The third kappa shape index (κ3) is 4.01. The van der Waals surface area contributed by atoms with E-state index in [1.165, 1.54) is 12.1 Å². The fraction of sp³-hybridized carbons (Fsp3) is 0.385. The van der Waals surface area contributed by atoms with Crippen LogP contribution >= 0.6 is 12.2 Å². The third-order valence-corrected chi connectivity index (χ3v) is 3.51. The summed E-state index contributed by atoms with van der Waals surface area (Å²) >= 11 is 5.25. The molecule has 114 valence electrons. The van der Waals surface area contributed by atoms with Gasteiger partial charge < -0.3 is 20.7 Å². The van der Waals surface area contributed by atoms with Gasteiger partial charge in [-0.2, -0.15) is 8.78 Å². The summed E-state index contributed by atoms with van der Waals surface area (Å²) in [4.78, 5) is 13.1. The second-order valence-electron chi connectivity index (χ2n) is 4.59. The van der Waals surface area contributed by atoms with Gasteiger partial charge in [0.25, 0.3) is 0 Å². The summed E-state index contributed by atoms with van der Waals surface area (Å²) in [7, 11) is 0. The molecule has 1 heterocycles. The van der Waals surface area contributed by atoms with Crippen molar-refractivity contribution in [3.8, 4) is 5.75 Å². The number of anilines is 1. The normalized spacial score (nSPS) is 17.9. The highest BCUT2D eigenvalue weighted by atomic mass is 32.1. The number of halogens is 2. The molecule has 21 heavy (non-hydrogen) atoms. The fourth-order valence-electron chi connectivity index (χ4n) is 2.22. The fourth-order valence-corrected chi connectivity index (χ4v) is 2.56. The van der Waals surface area contributed by atoms with Gasteiger partial charge in [-0.15, -0.1) is 0 Å². The summed E-state index contributed by atoms with van der Waals surface area (Å²) < 4.78 is 28.3. The number of hydrogen-bond donors (Lipinski definition) is 2. The number of hydrogen-bond acceptors (Lipinski definition) is 3. The van der Waals surface area contributed by atoms with Crippen LogP contribution in [0.3, 0.4) is 0 Å².